The molecule has 156 valence electrons. The standard InChI is InChI=1S/C20H32N6O.HI/c1-3-21-20(22-9-12-26-16-17(2)14-24-26)23-15-18(19-8-7-13-27-19)25-10-5-4-6-11-25;/h7-8,13-14,16,18H,3-6,9-12,15H2,1-2H3,(H2,21,22,23);1H. The number of likely N-dealkylation sites (tertiary alicyclic amines) is 1. The Morgan fingerprint density at radius 1 is 1.29 bits per heavy atom. The van der Waals surface area contributed by atoms with Crippen molar-refractivity contribution in [1.82, 2.24) is 25.3 Å². The van der Waals surface area contributed by atoms with Crippen LogP contribution in [0.4, 0.5) is 0 Å². The van der Waals surface area contributed by atoms with E-state index in [0.717, 1.165) is 44.4 Å². The fraction of sp³-hybridized carbons (Fsp3) is 0.600. The van der Waals surface area contributed by atoms with Crippen LogP contribution in [0.5, 0.6) is 0 Å². The highest BCUT2D eigenvalue weighted by Gasteiger charge is 2.24. The van der Waals surface area contributed by atoms with E-state index in [1.807, 2.05) is 16.9 Å². The lowest BCUT2D eigenvalue weighted by Crippen LogP contribution is -2.40. The minimum absolute atomic E-state index is 0. The Morgan fingerprint density at radius 2 is 2.11 bits per heavy atom. The lowest BCUT2D eigenvalue weighted by atomic mass is 10.1. The van der Waals surface area contributed by atoms with Gasteiger partial charge >= 0.3 is 0 Å². The highest BCUT2D eigenvalue weighted by atomic mass is 127. The Bertz CT molecular complexity index is 693. The van der Waals surface area contributed by atoms with E-state index < -0.39 is 0 Å². The molecule has 1 atom stereocenters. The molecule has 0 spiro atoms. The number of hydrogen-bond acceptors (Lipinski definition) is 4. The van der Waals surface area contributed by atoms with Gasteiger partial charge in [0, 0.05) is 19.3 Å². The predicted octanol–water partition coefficient (Wildman–Crippen LogP) is 3.18. The number of rotatable bonds is 8. The van der Waals surface area contributed by atoms with Crippen molar-refractivity contribution in [3.05, 3.63) is 42.1 Å². The first kappa shape index (κ1) is 22.7. The first-order chi connectivity index (χ1) is 13.3. The Morgan fingerprint density at radius 3 is 2.75 bits per heavy atom. The van der Waals surface area contributed by atoms with Crippen LogP contribution in [0.3, 0.4) is 0 Å². The molecule has 1 fully saturated rings. The summed E-state index contributed by atoms with van der Waals surface area (Å²) in [5.41, 5.74) is 1.18. The minimum atomic E-state index is 0. The van der Waals surface area contributed by atoms with Crippen molar-refractivity contribution in [2.75, 3.05) is 32.7 Å². The van der Waals surface area contributed by atoms with Crippen molar-refractivity contribution in [2.45, 2.75) is 45.7 Å². The maximum Gasteiger partial charge on any atom is 0.191 e. The van der Waals surface area contributed by atoms with Crippen LogP contribution in [-0.4, -0.2) is 53.4 Å². The molecule has 1 aliphatic heterocycles. The normalized spacial score (nSPS) is 16.4. The van der Waals surface area contributed by atoms with Crippen LogP contribution in [0.15, 0.2) is 40.2 Å². The highest BCUT2D eigenvalue weighted by molar-refractivity contribution is 14.0. The van der Waals surface area contributed by atoms with Crippen LogP contribution < -0.4 is 10.6 Å². The number of nitrogens with one attached hydrogen (secondary N) is 2. The maximum atomic E-state index is 5.72. The molecule has 2 N–H and O–H groups in total. The summed E-state index contributed by atoms with van der Waals surface area (Å²) in [4.78, 5) is 7.35. The number of guanidine groups is 1. The van der Waals surface area contributed by atoms with Crippen LogP contribution in [0.25, 0.3) is 0 Å². The average molecular weight is 500 g/mol. The molecule has 2 aromatic rings. The van der Waals surface area contributed by atoms with Crippen LogP contribution in [0.2, 0.25) is 0 Å². The molecule has 3 rings (SSSR count). The maximum absolute atomic E-state index is 5.72. The molecular weight excluding hydrogens is 467 g/mol. The van der Waals surface area contributed by atoms with Gasteiger partial charge in [0.05, 0.1) is 31.6 Å². The number of nitrogens with zero attached hydrogens (tertiary/aromatic N) is 4. The molecular formula is C20H33IN6O. The molecule has 2 aromatic heterocycles. The van der Waals surface area contributed by atoms with Gasteiger partial charge in [0.2, 0.25) is 0 Å². The molecule has 0 saturated carbocycles. The summed E-state index contributed by atoms with van der Waals surface area (Å²) in [5.74, 6) is 1.85. The summed E-state index contributed by atoms with van der Waals surface area (Å²) in [6, 6.07) is 4.23. The molecule has 1 aliphatic rings. The zero-order valence-electron chi connectivity index (χ0n) is 16.9. The van der Waals surface area contributed by atoms with Crippen LogP contribution in [0.1, 0.15) is 43.6 Å². The number of hydrogen-bond donors (Lipinski definition) is 2. The molecule has 8 heteroatoms. The third-order valence-electron chi connectivity index (χ3n) is 4.87. The van der Waals surface area contributed by atoms with E-state index in [2.05, 4.69) is 46.7 Å². The van der Waals surface area contributed by atoms with Crippen LogP contribution >= 0.6 is 24.0 Å². The quantitative estimate of drug-likeness (QED) is 0.331. The van der Waals surface area contributed by atoms with Gasteiger partial charge in [0.1, 0.15) is 5.76 Å². The van der Waals surface area contributed by atoms with Gasteiger partial charge < -0.3 is 15.1 Å². The fourth-order valence-electron chi connectivity index (χ4n) is 3.49. The van der Waals surface area contributed by atoms with Gasteiger partial charge in [-0.15, -0.1) is 24.0 Å². The Kier molecular flexibility index (Phi) is 9.83. The van der Waals surface area contributed by atoms with Crippen molar-refractivity contribution in [3.8, 4) is 0 Å². The van der Waals surface area contributed by atoms with Crippen LogP contribution in [0, 0.1) is 6.92 Å². The molecule has 0 radical (unpaired) electrons. The van der Waals surface area contributed by atoms with Gasteiger partial charge in [-0.1, -0.05) is 6.42 Å². The third-order valence-corrected chi connectivity index (χ3v) is 4.87. The monoisotopic (exact) mass is 500 g/mol. The molecule has 0 bridgehead atoms. The Labute approximate surface area is 185 Å². The smallest absolute Gasteiger partial charge is 0.191 e. The Balaban J connectivity index is 0.00000280. The summed E-state index contributed by atoms with van der Waals surface area (Å²) in [6.45, 7) is 9.48. The van der Waals surface area contributed by atoms with E-state index in [-0.39, 0.29) is 30.0 Å². The molecule has 28 heavy (non-hydrogen) atoms. The van der Waals surface area contributed by atoms with E-state index in [9.17, 15) is 0 Å². The molecule has 1 unspecified atom stereocenters. The average Bonchev–Trinajstić information content (AvgIpc) is 3.35. The van der Waals surface area contributed by atoms with E-state index >= 15 is 0 Å². The van der Waals surface area contributed by atoms with Gasteiger partial charge in [0.25, 0.3) is 0 Å². The van der Waals surface area contributed by atoms with Crippen molar-refractivity contribution in [1.29, 1.82) is 0 Å². The van der Waals surface area contributed by atoms with Crippen molar-refractivity contribution in [3.63, 3.8) is 0 Å². The number of halogens is 1. The summed E-state index contributed by atoms with van der Waals surface area (Å²) in [6.07, 6.45) is 9.51. The Hall–Kier alpha value is -1.55. The van der Waals surface area contributed by atoms with E-state index in [4.69, 9.17) is 9.41 Å². The summed E-state index contributed by atoms with van der Waals surface area (Å²) in [7, 11) is 0. The van der Waals surface area contributed by atoms with Gasteiger partial charge in [0.15, 0.2) is 5.96 Å². The number of aliphatic imine (C=N–C) groups is 1. The van der Waals surface area contributed by atoms with E-state index in [1.54, 1.807) is 6.26 Å². The van der Waals surface area contributed by atoms with Gasteiger partial charge in [-0.2, -0.15) is 5.10 Å². The molecule has 1 saturated heterocycles. The predicted molar refractivity (Wildman–Crippen MR) is 123 cm³/mol. The van der Waals surface area contributed by atoms with E-state index in [0.29, 0.717) is 6.54 Å². The minimum Gasteiger partial charge on any atom is -0.468 e. The molecule has 0 aromatic carbocycles. The summed E-state index contributed by atoms with van der Waals surface area (Å²) in [5, 5.41) is 11.1. The van der Waals surface area contributed by atoms with Crippen molar-refractivity contribution in [2.24, 2.45) is 4.99 Å². The van der Waals surface area contributed by atoms with Gasteiger partial charge in [-0.25, -0.2) is 0 Å². The third kappa shape index (κ3) is 6.80. The second-order valence-corrected chi connectivity index (χ2v) is 7.06. The number of piperidine rings is 1. The summed E-state index contributed by atoms with van der Waals surface area (Å²) >= 11 is 0. The van der Waals surface area contributed by atoms with Crippen molar-refractivity contribution >= 4 is 29.9 Å². The molecule has 7 nitrogen and oxygen atoms in total. The SMILES string of the molecule is CCNC(=NCC(c1ccco1)N1CCCCC1)NCCn1cc(C)cn1.I. The number of furan rings is 1. The lowest BCUT2D eigenvalue weighted by Gasteiger charge is -2.32. The number of aromatic nitrogens is 2. The molecule has 3 heterocycles. The van der Waals surface area contributed by atoms with Gasteiger partial charge in [-0.3, -0.25) is 14.6 Å². The molecule has 0 amide bonds. The first-order valence-electron chi connectivity index (χ1n) is 10.0. The first-order valence-corrected chi connectivity index (χ1v) is 10.0. The fourth-order valence-corrected chi connectivity index (χ4v) is 3.49. The van der Waals surface area contributed by atoms with Crippen LogP contribution in [-0.2, 0) is 6.54 Å². The van der Waals surface area contributed by atoms with E-state index in [1.165, 1.54) is 24.8 Å². The largest absolute Gasteiger partial charge is 0.468 e. The number of aryl methyl sites for hydroxylation is 1. The highest BCUT2D eigenvalue weighted by Crippen LogP contribution is 2.25. The van der Waals surface area contributed by atoms with Crippen molar-refractivity contribution < 1.29 is 4.42 Å². The second kappa shape index (κ2) is 12.1. The topological polar surface area (TPSA) is 70.6 Å². The zero-order valence-corrected chi connectivity index (χ0v) is 19.3. The zero-order chi connectivity index (χ0) is 18.9. The molecule has 0 aliphatic carbocycles. The second-order valence-electron chi connectivity index (χ2n) is 7.06. The lowest BCUT2D eigenvalue weighted by molar-refractivity contribution is 0.150. The summed E-state index contributed by atoms with van der Waals surface area (Å²) < 4.78 is 7.67. The van der Waals surface area contributed by atoms with Gasteiger partial charge in [-0.05, 0) is 57.5 Å².